The van der Waals surface area contributed by atoms with Gasteiger partial charge in [-0.3, -0.25) is 9.78 Å². The van der Waals surface area contributed by atoms with Crippen molar-refractivity contribution in [2.24, 2.45) is 5.92 Å². The summed E-state index contributed by atoms with van der Waals surface area (Å²) in [4.78, 5) is 22.9. The standard InChI is InChI=1S/C12H14ClN3O2/c1-18-11(17)12(7-16-3-2-8(12)6-16)9-4-14-5-10(13)15-9/h4-5,8H,2-3,6-7H2,1H3. The van der Waals surface area contributed by atoms with Gasteiger partial charge in [-0.15, -0.1) is 0 Å². The van der Waals surface area contributed by atoms with Crippen LogP contribution in [0.1, 0.15) is 12.1 Å². The van der Waals surface area contributed by atoms with Crippen LogP contribution in [0.25, 0.3) is 0 Å². The molecule has 0 amide bonds. The van der Waals surface area contributed by atoms with Gasteiger partial charge in [-0.2, -0.15) is 0 Å². The minimum Gasteiger partial charge on any atom is -0.468 e. The van der Waals surface area contributed by atoms with Crippen LogP contribution >= 0.6 is 11.6 Å². The maximum Gasteiger partial charge on any atom is 0.319 e. The van der Waals surface area contributed by atoms with Crippen LogP contribution in [0.3, 0.4) is 0 Å². The van der Waals surface area contributed by atoms with E-state index in [0.717, 1.165) is 19.5 Å². The lowest BCUT2D eigenvalue weighted by Gasteiger charge is -2.33. The predicted molar refractivity (Wildman–Crippen MR) is 65.3 cm³/mol. The molecule has 1 aromatic heterocycles. The zero-order chi connectivity index (χ0) is 12.8. The van der Waals surface area contributed by atoms with Crippen LogP contribution in [0.15, 0.2) is 12.4 Å². The van der Waals surface area contributed by atoms with Gasteiger partial charge in [-0.05, 0) is 18.9 Å². The van der Waals surface area contributed by atoms with E-state index in [0.29, 0.717) is 17.4 Å². The minimum absolute atomic E-state index is 0.230. The Hall–Kier alpha value is -1.20. The first-order valence-electron chi connectivity index (χ1n) is 5.95. The lowest BCUT2D eigenvalue weighted by Crippen LogP contribution is -2.48. The van der Waals surface area contributed by atoms with Crippen molar-refractivity contribution in [3.8, 4) is 0 Å². The molecule has 2 bridgehead atoms. The second-order valence-corrected chi connectivity index (χ2v) is 5.30. The number of fused-ring (bicyclic) bond motifs is 2. The van der Waals surface area contributed by atoms with Crippen LogP contribution in [0.5, 0.6) is 0 Å². The van der Waals surface area contributed by atoms with Crippen molar-refractivity contribution in [2.75, 3.05) is 26.7 Å². The molecule has 0 N–H and O–H groups in total. The fourth-order valence-electron chi connectivity index (χ4n) is 3.23. The number of rotatable bonds is 2. The van der Waals surface area contributed by atoms with E-state index in [1.807, 2.05) is 0 Å². The number of carbonyl (C=O) groups excluding carboxylic acids is 1. The van der Waals surface area contributed by atoms with Gasteiger partial charge < -0.3 is 9.64 Å². The summed E-state index contributed by atoms with van der Waals surface area (Å²) in [6, 6.07) is 0. The number of piperidine rings is 1. The Morgan fingerprint density at radius 1 is 1.61 bits per heavy atom. The summed E-state index contributed by atoms with van der Waals surface area (Å²) in [5, 5.41) is 0.313. The van der Waals surface area contributed by atoms with Gasteiger partial charge in [-0.1, -0.05) is 11.6 Å². The van der Waals surface area contributed by atoms with Gasteiger partial charge in [0.1, 0.15) is 10.6 Å². The molecule has 0 aliphatic carbocycles. The van der Waals surface area contributed by atoms with Crippen LogP contribution in [0.4, 0.5) is 0 Å². The van der Waals surface area contributed by atoms with E-state index < -0.39 is 5.41 Å². The average molecular weight is 268 g/mol. The van der Waals surface area contributed by atoms with Gasteiger partial charge in [0, 0.05) is 19.3 Å². The van der Waals surface area contributed by atoms with Crippen molar-refractivity contribution >= 4 is 17.6 Å². The molecule has 2 saturated heterocycles. The summed E-state index contributed by atoms with van der Waals surface area (Å²) in [7, 11) is 1.42. The smallest absolute Gasteiger partial charge is 0.319 e. The molecule has 0 aromatic carbocycles. The molecule has 3 heterocycles. The van der Waals surface area contributed by atoms with Crippen molar-refractivity contribution in [2.45, 2.75) is 11.8 Å². The molecule has 0 saturated carbocycles. The molecule has 96 valence electrons. The summed E-state index contributed by atoms with van der Waals surface area (Å²) in [6.07, 6.45) is 4.09. The van der Waals surface area contributed by atoms with Gasteiger partial charge >= 0.3 is 5.97 Å². The highest BCUT2D eigenvalue weighted by Gasteiger charge is 2.58. The molecule has 18 heavy (non-hydrogen) atoms. The monoisotopic (exact) mass is 267 g/mol. The predicted octanol–water partition coefficient (Wildman–Crippen LogP) is 0.876. The number of carbonyl (C=O) groups is 1. The Labute approximate surface area is 110 Å². The van der Waals surface area contributed by atoms with Crippen molar-refractivity contribution < 1.29 is 9.53 Å². The number of ether oxygens (including phenoxy) is 1. The first-order valence-corrected chi connectivity index (χ1v) is 6.33. The van der Waals surface area contributed by atoms with Crippen molar-refractivity contribution in [1.29, 1.82) is 0 Å². The van der Waals surface area contributed by atoms with Crippen LogP contribution in [-0.2, 0) is 14.9 Å². The van der Waals surface area contributed by atoms with Crippen molar-refractivity contribution in [3.05, 3.63) is 23.2 Å². The lowest BCUT2D eigenvalue weighted by molar-refractivity contribution is -0.149. The Balaban J connectivity index is 2.09. The molecule has 1 aromatic rings. The summed E-state index contributed by atoms with van der Waals surface area (Å²) in [6.45, 7) is 2.61. The van der Waals surface area contributed by atoms with Crippen LogP contribution < -0.4 is 0 Å². The van der Waals surface area contributed by atoms with E-state index in [-0.39, 0.29) is 11.9 Å². The number of aromatic nitrogens is 2. The molecule has 2 fully saturated rings. The molecule has 3 atom stereocenters. The van der Waals surface area contributed by atoms with E-state index in [9.17, 15) is 4.79 Å². The number of nitrogens with zero attached hydrogens (tertiary/aromatic N) is 3. The van der Waals surface area contributed by atoms with E-state index in [2.05, 4.69) is 14.9 Å². The van der Waals surface area contributed by atoms with E-state index in [4.69, 9.17) is 16.3 Å². The maximum atomic E-state index is 12.3. The second-order valence-electron chi connectivity index (χ2n) is 4.91. The Bertz CT molecular complexity index is 496. The number of esters is 1. The fourth-order valence-corrected chi connectivity index (χ4v) is 3.37. The molecule has 2 aliphatic rings. The summed E-state index contributed by atoms with van der Waals surface area (Å²) in [5.74, 6) is 0.0176. The van der Waals surface area contributed by atoms with Crippen molar-refractivity contribution in [3.63, 3.8) is 0 Å². The first kappa shape index (κ1) is 11.9. The quantitative estimate of drug-likeness (QED) is 0.745. The summed E-state index contributed by atoms with van der Waals surface area (Å²) >= 11 is 5.90. The third-order valence-corrected chi connectivity index (χ3v) is 4.24. The molecule has 3 unspecified atom stereocenters. The lowest BCUT2D eigenvalue weighted by atomic mass is 9.73. The highest BCUT2D eigenvalue weighted by atomic mass is 35.5. The van der Waals surface area contributed by atoms with Gasteiger partial charge in [-0.25, -0.2) is 4.98 Å². The highest BCUT2D eigenvalue weighted by molar-refractivity contribution is 6.29. The van der Waals surface area contributed by atoms with Gasteiger partial charge in [0.05, 0.1) is 19.0 Å². The van der Waals surface area contributed by atoms with Crippen LogP contribution in [-0.4, -0.2) is 47.6 Å². The zero-order valence-electron chi connectivity index (χ0n) is 10.1. The zero-order valence-corrected chi connectivity index (χ0v) is 10.9. The van der Waals surface area contributed by atoms with Gasteiger partial charge in [0.2, 0.25) is 0 Å². The largest absolute Gasteiger partial charge is 0.468 e. The summed E-state index contributed by atoms with van der Waals surface area (Å²) < 4.78 is 5.01. The number of hydrogen-bond donors (Lipinski definition) is 0. The molecule has 5 nitrogen and oxygen atoms in total. The molecule has 2 aliphatic heterocycles. The third-order valence-electron chi connectivity index (χ3n) is 4.05. The topological polar surface area (TPSA) is 55.3 Å². The SMILES string of the molecule is COC(=O)C1(c2cncc(Cl)n2)CN2CCC1C2. The highest BCUT2D eigenvalue weighted by Crippen LogP contribution is 2.45. The van der Waals surface area contributed by atoms with Crippen molar-refractivity contribution in [1.82, 2.24) is 14.9 Å². The molecular weight excluding hydrogens is 254 g/mol. The minimum atomic E-state index is -0.690. The Morgan fingerprint density at radius 3 is 3.00 bits per heavy atom. The first-order chi connectivity index (χ1) is 8.66. The third kappa shape index (κ3) is 1.54. The normalized spacial score (nSPS) is 33.7. The average Bonchev–Trinajstić information content (AvgIpc) is 2.98. The molecule has 3 rings (SSSR count). The Morgan fingerprint density at radius 2 is 2.44 bits per heavy atom. The van der Waals surface area contributed by atoms with Gasteiger partial charge in [0.15, 0.2) is 0 Å². The number of hydrogen-bond acceptors (Lipinski definition) is 5. The number of halogens is 1. The molecule has 0 spiro atoms. The van der Waals surface area contributed by atoms with E-state index >= 15 is 0 Å². The molecule has 0 radical (unpaired) electrons. The van der Waals surface area contributed by atoms with Crippen LogP contribution in [0, 0.1) is 5.92 Å². The maximum absolute atomic E-state index is 12.3. The molecular formula is C12H14ClN3O2. The van der Waals surface area contributed by atoms with E-state index in [1.54, 1.807) is 6.20 Å². The summed E-state index contributed by atoms with van der Waals surface area (Å²) in [5.41, 5.74) is -0.0562. The van der Waals surface area contributed by atoms with Gasteiger partial charge in [0.25, 0.3) is 0 Å². The van der Waals surface area contributed by atoms with Crippen LogP contribution in [0.2, 0.25) is 5.15 Å². The fraction of sp³-hybridized carbons (Fsp3) is 0.583. The Kier molecular flexibility index (Phi) is 2.75. The molecule has 6 heteroatoms. The van der Waals surface area contributed by atoms with E-state index in [1.165, 1.54) is 13.3 Å². The second kappa shape index (κ2) is 4.17. The number of methoxy groups -OCH3 is 1.